The molecule has 2 aliphatic heterocycles. The molecule has 2 heterocycles. The Kier molecular flexibility index (Phi) is 7.57. The summed E-state index contributed by atoms with van der Waals surface area (Å²) >= 11 is 0. The zero-order valence-electron chi connectivity index (χ0n) is 21.3. The van der Waals surface area contributed by atoms with Gasteiger partial charge in [-0.2, -0.15) is 0 Å². The molecule has 0 aliphatic carbocycles. The third-order valence-electron chi connectivity index (χ3n) is 6.84. The van der Waals surface area contributed by atoms with Crippen LogP contribution in [-0.4, -0.2) is 34.7 Å². The fourth-order valence-electron chi connectivity index (χ4n) is 4.64. The minimum Gasteiger partial charge on any atom is -0.323 e. The van der Waals surface area contributed by atoms with Crippen molar-refractivity contribution in [2.45, 2.75) is 40.8 Å². The molecule has 3 aromatic rings. The summed E-state index contributed by atoms with van der Waals surface area (Å²) in [5.41, 5.74) is 6.70. The molecule has 5 rings (SSSR count). The Labute approximate surface area is 213 Å². The molecule has 0 spiro atoms. The van der Waals surface area contributed by atoms with Crippen LogP contribution in [0.1, 0.15) is 54.1 Å². The predicted molar refractivity (Wildman–Crippen MR) is 143 cm³/mol. The van der Waals surface area contributed by atoms with Crippen molar-refractivity contribution in [3.8, 4) is 23.7 Å². The van der Waals surface area contributed by atoms with Crippen molar-refractivity contribution in [2.24, 2.45) is 0 Å². The van der Waals surface area contributed by atoms with Crippen molar-refractivity contribution in [3.63, 3.8) is 0 Å². The zero-order valence-corrected chi connectivity index (χ0v) is 21.3. The van der Waals surface area contributed by atoms with Gasteiger partial charge in [0.05, 0.1) is 13.1 Å². The average molecular weight is 475 g/mol. The van der Waals surface area contributed by atoms with Crippen molar-refractivity contribution in [1.29, 1.82) is 0 Å². The molecule has 0 saturated heterocycles. The summed E-state index contributed by atoms with van der Waals surface area (Å²) in [6.45, 7) is 9.18. The van der Waals surface area contributed by atoms with Crippen LogP contribution >= 0.6 is 0 Å². The first-order valence-electron chi connectivity index (χ1n) is 12.1. The number of hydrogen-bond acceptors (Lipinski definition) is 2. The van der Waals surface area contributed by atoms with Gasteiger partial charge in [-0.3, -0.25) is 9.59 Å². The molecular formula is C32H30N2O2. The SMILES string of the molecule is Cc1c(C)c2c(C)c(C)c1C(=O)N(Cc1ccccc1)CC#CC#CCN(Cc1ccccc1)C2=O. The number of rotatable bonds is 4. The van der Waals surface area contributed by atoms with E-state index in [4.69, 9.17) is 0 Å². The van der Waals surface area contributed by atoms with E-state index in [1.165, 1.54) is 0 Å². The monoisotopic (exact) mass is 474 g/mol. The lowest BCUT2D eigenvalue weighted by atomic mass is 9.87. The summed E-state index contributed by atoms with van der Waals surface area (Å²) < 4.78 is 0. The summed E-state index contributed by atoms with van der Waals surface area (Å²) in [6, 6.07) is 19.8. The van der Waals surface area contributed by atoms with Crippen molar-refractivity contribution < 1.29 is 9.59 Å². The summed E-state index contributed by atoms with van der Waals surface area (Å²) in [4.78, 5) is 31.3. The highest BCUT2D eigenvalue weighted by Gasteiger charge is 2.28. The third kappa shape index (κ3) is 5.19. The van der Waals surface area contributed by atoms with E-state index in [9.17, 15) is 9.59 Å². The molecule has 3 aromatic carbocycles. The second-order valence-electron chi connectivity index (χ2n) is 9.15. The quantitative estimate of drug-likeness (QED) is 0.486. The Morgan fingerprint density at radius 2 is 0.917 bits per heavy atom. The van der Waals surface area contributed by atoms with Gasteiger partial charge >= 0.3 is 0 Å². The van der Waals surface area contributed by atoms with Gasteiger partial charge in [-0.15, -0.1) is 0 Å². The molecule has 2 amide bonds. The fraction of sp³-hybridized carbons (Fsp3) is 0.250. The van der Waals surface area contributed by atoms with E-state index in [2.05, 4.69) is 23.7 Å². The number of amides is 2. The minimum absolute atomic E-state index is 0.0838. The molecule has 0 N–H and O–H groups in total. The van der Waals surface area contributed by atoms with Gasteiger partial charge in [-0.05, 0) is 72.9 Å². The molecule has 36 heavy (non-hydrogen) atoms. The molecule has 0 atom stereocenters. The highest BCUT2D eigenvalue weighted by atomic mass is 16.2. The summed E-state index contributed by atoms with van der Waals surface area (Å²) in [5.74, 6) is 11.7. The van der Waals surface area contributed by atoms with Crippen LogP contribution in [-0.2, 0) is 13.1 Å². The molecule has 4 nitrogen and oxygen atoms in total. The first-order chi connectivity index (χ1) is 17.4. The van der Waals surface area contributed by atoms with Crippen molar-refractivity contribution >= 4 is 11.8 Å². The molecule has 2 bridgehead atoms. The van der Waals surface area contributed by atoms with Gasteiger partial charge in [0.15, 0.2) is 0 Å². The topological polar surface area (TPSA) is 40.6 Å². The third-order valence-corrected chi connectivity index (χ3v) is 6.84. The van der Waals surface area contributed by atoms with Crippen LogP contribution in [0.5, 0.6) is 0 Å². The van der Waals surface area contributed by atoms with E-state index >= 15 is 0 Å². The largest absolute Gasteiger partial charge is 0.323 e. The maximum absolute atomic E-state index is 13.9. The van der Waals surface area contributed by atoms with Crippen molar-refractivity contribution in [2.75, 3.05) is 13.1 Å². The molecular weight excluding hydrogens is 444 g/mol. The second-order valence-corrected chi connectivity index (χ2v) is 9.15. The minimum atomic E-state index is -0.0838. The molecule has 0 saturated carbocycles. The molecule has 180 valence electrons. The van der Waals surface area contributed by atoms with Crippen LogP contribution in [0.15, 0.2) is 60.7 Å². The van der Waals surface area contributed by atoms with E-state index in [-0.39, 0.29) is 24.9 Å². The first-order valence-corrected chi connectivity index (χ1v) is 12.1. The smallest absolute Gasteiger partial charge is 0.255 e. The Morgan fingerprint density at radius 3 is 1.25 bits per heavy atom. The van der Waals surface area contributed by atoms with Crippen molar-refractivity contribution in [3.05, 3.63) is 105 Å². The summed E-state index contributed by atoms with van der Waals surface area (Å²) in [6.07, 6.45) is 0. The number of benzene rings is 3. The number of carbonyl (C=O) groups excluding carboxylic acids is 2. The molecule has 4 heteroatoms. The highest BCUT2D eigenvalue weighted by Crippen LogP contribution is 2.29. The van der Waals surface area contributed by atoms with E-state index in [0.29, 0.717) is 24.2 Å². The van der Waals surface area contributed by atoms with E-state index < -0.39 is 0 Å². The number of carbonyl (C=O) groups is 2. The number of hydrogen-bond donors (Lipinski definition) is 0. The number of nitrogens with zero attached hydrogens (tertiary/aromatic N) is 2. The maximum Gasteiger partial charge on any atom is 0.255 e. The van der Waals surface area contributed by atoms with E-state index in [1.54, 1.807) is 9.80 Å². The fourth-order valence-corrected chi connectivity index (χ4v) is 4.64. The standard InChI is InChI=1S/C32H30N2O2/c1-23-24(2)30-26(4)25(3)29(23)31(35)33(21-27-15-9-7-10-16-27)19-13-5-6-14-20-34(32(30)36)22-28-17-11-8-12-18-28/h7-12,15-18H,19-22H2,1-4H3. The van der Waals surface area contributed by atoms with Crippen LogP contribution in [0.25, 0.3) is 0 Å². The van der Waals surface area contributed by atoms with Gasteiger partial charge in [0.2, 0.25) is 0 Å². The second kappa shape index (κ2) is 11.0. The lowest BCUT2D eigenvalue weighted by molar-refractivity contribution is 0.0751. The maximum atomic E-state index is 13.9. The van der Waals surface area contributed by atoms with Gasteiger partial charge in [0, 0.05) is 24.2 Å². The zero-order chi connectivity index (χ0) is 25.7. The van der Waals surface area contributed by atoms with Crippen molar-refractivity contribution in [1.82, 2.24) is 9.80 Å². The molecule has 2 aliphatic rings. The summed E-state index contributed by atoms with van der Waals surface area (Å²) in [5, 5.41) is 0. The molecule has 0 unspecified atom stereocenters. The van der Waals surface area contributed by atoms with E-state index in [0.717, 1.165) is 33.4 Å². The Balaban J connectivity index is 1.82. The molecule has 0 fully saturated rings. The summed E-state index contributed by atoms with van der Waals surface area (Å²) in [7, 11) is 0. The highest BCUT2D eigenvalue weighted by molar-refractivity contribution is 6.03. The average Bonchev–Trinajstić information content (AvgIpc) is 2.89. The lowest BCUT2D eigenvalue weighted by Crippen LogP contribution is -2.35. The van der Waals surface area contributed by atoms with E-state index in [1.807, 2.05) is 88.4 Å². The van der Waals surface area contributed by atoms with Gasteiger partial charge < -0.3 is 9.80 Å². The van der Waals surface area contributed by atoms with Gasteiger partial charge in [0.1, 0.15) is 0 Å². The predicted octanol–water partition coefficient (Wildman–Crippen LogP) is 5.23. The van der Waals surface area contributed by atoms with Crippen LogP contribution < -0.4 is 0 Å². The molecule has 0 radical (unpaired) electrons. The van der Waals surface area contributed by atoms with Gasteiger partial charge in [-0.25, -0.2) is 0 Å². The van der Waals surface area contributed by atoms with Gasteiger partial charge in [0.25, 0.3) is 11.8 Å². The lowest BCUT2D eigenvalue weighted by Gasteiger charge is -2.27. The number of fused-ring (bicyclic) bond motifs is 9. The van der Waals surface area contributed by atoms with Crippen LogP contribution in [0.2, 0.25) is 0 Å². The van der Waals surface area contributed by atoms with Crippen LogP contribution in [0, 0.1) is 51.4 Å². The normalized spacial score (nSPS) is 13.6. The Bertz CT molecular complexity index is 1280. The van der Waals surface area contributed by atoms with Gasteiger partial charge in [-0.1, -0.05) is 72.5 Å². The Hall–Kier alpha value is -4.28. The van der Waals surface area contributed by atoms with Crippen LogP contribution in [0.3, 0.4) is 0 Å². The first kappa shape index (κ1) is 24.8. The Morgan fingerprint density at radius 1 is 0.583 bits per heavy atom. The molecule has 0 aromatic heterocycles. The van der Waals surface area contributed by atoms with Crippen LogP contribution in [0.4, 0.5) is 0 Å².